The van der Waals surface area contributed by atoms with Crippen molar-refractivity contribution in [2.75, 3.05) is 13.2 Å². The van der Waals surface area contributed by atoms with Crippen LogP contribution in [0.3, 0.4) is 0 Å². The highest BCUT2D eigenvalue weighted by Gasteiger charge is 2.79. The van der Waals surface area contributed by atoms with Gasteiger partial charge in [0.15, 0.2) is 40.3 Å². The molecule has 0 amide bonds. The van der Waals surface area contributed by atoms with Gasteiger partial charge in [-0.2, -0.15) is 0 Å². The van der Waals surface area contributed by atoms with Gasteiger partial charge in [0.2, 0.25) is 11.5 Å². The van der Waals surface area contributed by atoms with Crippen molar-refractivity contribution in [2.45, 2.75) is 41.7 Å². The summed E-state index contributed by atoms with van der Waals surface area (Å²) in [5.74, 6) is -5.32. The highest BCUT2D eigenvalue weighted by Crippen LogP contribution is 2.74. The highest BCUT2D eigenvalue weighted by molar-refractivity contribution is 5.90. The second kappa shape index (κ2) is 7.31. The molecule has 1 fully saturated rings. The first-order valence-electron chi connectivity index (χ1n) is 13.9. The SMILES string of the molecule is Oc1cc2c(cc1O)C13c4ccc(O)c(O)c4OCC1(C2)OC1(O)CC=C2CC4(O)COc5c(ccc(O)c5O)C4=C2C13. The van der Waals surface area contributed by atoms with Gasteiger partial charge in [-0.05, 0) is 52.6 Å². The van der Waals surface area contributed by atoms with Crippen LogP contribution in [0.1, 0.15) is 35.1 Å². The maximum Gasteiger partial charge on any atom is 0.201 e. The predicted molar refractivity (Wildman–Crippen MR) is 146 cm³/mol. The van der Waals surface area contributed by atoms with Gasteiger partial charge in [-0.3, -0.25) is 0 Å². The molecule has 3 heterocycles. The molecule has 3 aromatic rings. The predicted octanol–water partition coefficient (Wildman–Crippen LogP) is 2.54. The number of fused-ring (bicyclic) bond motifs is 8. The number of benzene rings is 3. The van der Waals surface area contributed by atoms with E-state index in [2.05, 4.69) is 0 Å². The summed E-state index contributed by atoms with van der Waals surface area (Å²) in [5.41, 5.74) is -0.618. The highest BCUT2D eigenvalue weighted by atomic mass is 16.7. The van der Waals surface area contributed by atoms with E-state index in [1.54, 1.807) is 12.1 Å². The quantitative estimate of drug-likeness (QED) is 0.181. The second-order valence-electron chi connectivity index (χ2n) is 12.5. The Morgan fingerprint density at radius 2 is 1.42 bits per heavy atom. The molecule has 0 saturated carbocycles. The number of phenols is 6. The van der Waals surface area contributed by atoms with Gasteiger partial charge in [-0.25, -0.2) is 0 Å². The van der Waals surface area contributed by atoms with Crippen LogP contribution in [0.5, 0.6) is 46.0 Å². The first kappa shape index (κ1) is 25.0. The average molecular weight is 587 g/mol. The number of rotatable bonds is 0. The van der Waals surface area contributed by atoms with Crippen molar-refractivity contribution in [2.24, 2.45) is 5.92 Å². The van der Waals surface area contributed by atoms with E-state index in [9.17, 15) is 40.9 Å². The normalized spacial score (nSPS) is 33.9. The molecular formula is C32H26O11. The number of aromatic hydroxyl groups is 6. The lowest BCUT2D eigenvalue weighted by Crippen LogP contribution is -2.56. The molecule has 220 valence electrons. The van der Waals surface area contributed by atoms with E-state index in [1.165, 1.54) is 24.3 Å². The Hall–Kier alpha value is -4.58. The summed E-state index contributed by atoms with van der Waals surface area (Å²) in [5, 5.41) is 88.2. The van der Waals surface area contributed by atoms with Crippen molar-refractivity contribution in [1.29, 1.82) is 0 Å². The molecule has 11 nitrogen and oxygen atoms in total. The monoisotopic (exact) mass is 586 g/mol. The van der Waals surface area contributed by atoms with Gasteiger partial charge in [-0.15, -0.1) is 0 Å². The Labute approximate surface area is 243 Å². The van der Waals surface area contributed by atoms with E-state index < -0.39 is 45.6 Å². The first-order chi connectivity index (χ1) is 20.4. The van der Waals surface area contributed by atoms with Gasteiger partial charge in [0.25, 0.3) is 0 Å². The van der Waals surface area contributed by atoms with Crippen molar-refractivity contribution in [1.82, 2.24) is 0 Å². The Balaban J connectivity index is 1.45. The van der Waals surface area contributed by atoms with Crippen LogP contribution < -0.4 is 9.47 Å². The molecule has 11 heteroatoms. The summed E-state index contributed by atoms with van der Waals surface area (Å²) in [6.07, 6.45) is 2.19. The largest absolute Gasteiger partial charge is 0.504 e. The zero-order valence-corrected chi connectivity index (χ0v) is 22.5. The molecule has 1 saturated heterocycles. The topological polar surface area (TPSA) is 190 Å². The van der Waals surface area contributed by atoms with Gasteiger partial charge in [-0.1, -0.05) is 12.1 Å². The fourth-order valence-electron chi connectivity index (χ4n) is 8.95. The van der Waals surface area contributed by atoms with Crippen LogP contribution in [-0.2, 0) is 16.6 Å². The van der Waals surface area contributed by atoms with Crippen LogP contribution in [0.2, 0.25) is 0 Å². The van der Waals surface area contributed by atoms with Crippen LogP contribution in [0, 0.1) is 5.92 Å². The van der Waals surface area contributed by atoms with Crippen LogP contribution in [-0.4, -0.2) is 71.1 Å². The Kier molecular flexibility index (Phi) is 4.24. The second-order valence-corrected chi connectivity index (χ2v) is 12.5. The molecule has 6 aliphatic rings. The van der Waals surface area contributed by atoms with Crippen molar-refractivity contribution in [3.63, 3.8) is 0 Å². The molecule has 8 N–H and O–H groups in total. The molecule has 0 bridgehead atoms. The Bertz CT molecular complexity index is 1910. The maximum atomic E-state index is 12.5. The Morgan fingerprint density at radius 3 is 2.21 bits per heavy atom. The van der Waals surface area contributed by atoms with Crippen LogP contribution in [0.4, 0.5) is 0 Å². The minimum absolute atomic E-state index is 0.00505. The maximum absolute atomic E-state index is 12.5. The smallest absolute Gasteiger partial charge is 0.201 e. The van der Waals surface area contributed by atoms with E-state index in [0.29, 0.717) is 33.4 Å². The minimum atomic E-state index is -1.86. The Morgan fingerprint density at radius 1 is 0.721 bits per heavy atom. The summed E-state index contributed by atoms with van der Waals surface area (Å²) >= 11 is 0. The van der Waals surface area contributed by atoms with E-state index >= 15 is 0 Å². The van der Waals surface area contributed by atoms with E-state index in [4.69, 9.17) is 14.2 Å². The minimum Gasteiger partial charge on any atom is -0.504 e. The van der Waals surface area contributed by atoms with Gasteiger partial charge in [0, 0.05) is 36.0 Å². The molecule has 0 radical (unpaired) electrons. The lowest BCUT2D eigenvalue weighted by atomic mass is 9.55. The number of aliphatic hydroxyl groups is 2. The van der Waals surface area contributed by atoms with Gasteiger partial charge in [0.1, 0.15) is 24.4 Å². The molecule has 9 rings (SSSR count). The standard InChI is InChI=1S/C32H26O11/c33-18-3-1-15-23-22-13(9-29(23,39)11-41-26(15)24(18)37)5-6-31(40)28(22)32-16-2-4-19(34)25(38)27(16)42-12-30(32,43-31)10-14-7-20(35)21(36)8-17(14)32/h1-5,7-8,28,33-40H,6,9-12H2. The fourth-order valence-corrected chi connectivity index (χ4v) is 8.95. The molecule has 5 unspecified atom stereocenters. The van der Waals surface area contributed by atoms with E-state index in [0.717, 1.165) is 5.57 Å². The third kappa shape index (κ3) is 2.60. The summed E-state index contributed by atoms with van der Waals surface area (Å²) in [7, 11) is 0. The van der Waals surface area contributed by atoms with Gasteiger partial charge >= 0.3 is 0 Å². The number of ether oxygens (including phenoxy) is 3. The fraction of sp³-hybridized carbons (Fsp3) is 0.312. The van der Waals surface area contributed by atoms with Crippen molar-refractivity contribution in [3.8, 4) is 46.0 Å². The molecule has 5 atom stereocenters. The lowest BCUT2D eigenvalue weighted by Gasteiger charge is -2.48. The average Bonchev–Trinajstić information content (AvgIpc) is 3.50. The summed E-state index contributed by atoms with van der Waals surface area (Å²) in [6, 6.07) is 8.66. The van der Waals surface area contributed by atoms with Crippen LogP contribution >= 0.6 is 0 Å². The number of hydrogen-bond acceptors (Lipinski definition) is 11. The number of hydrogen-bond donors (Lipinski definition) is 8. The summed E-state index contributed by atoms with van der Waals surface area (Å²) in [4.78, 5) is 0. The molecule has 43 heavy (non-hydrogen) atoms. The van der Waals surface area contributed by atoms with Crippen molar-refractivity contribution in [3.05, 3.63) is 75.9 Å². The first-order valence-corrected chi connectivity index (χ1v) is 13.9. The van der Waals surface area contributed by atoms with E-state index in [-0.39, 0.29) is 61.2 Å². The van der Waals surface area contributed by atoms with Crippen molar-refractivity contribution >= 4 is 5.57 Å². The van der Waals surface area contributed by atoms with Crippen LogP contribution in [0.25, 0.3) is 5.57 Å². The lowest BCUT2D eigenvalue weighted by molar-refractivity contribution is -0.239. The zero-order valence-electron chi connectivity index (χ0n) is 22.5. The molecule has 3 aliphatic heterocycles. The third-order valence-corrected chi connectivity index (χ3v) is 10.4. The van der Waals surface area contributed by atoms with E-state index in [1.807, 2.05) is 6.08 Å². The van der Waals surface area contributed by atoms with Crippen LogP contribution in [0.15, 0.2) is 53.6 Å². The zero-order chi connectivity index (χ0) is 29.8. The molecule has 0 aromatic heterocycles. The molecular weight excluding hydrogens is 560 g/mol. The van der Waals surface area contributed by atoms with Crippen molar-refractivity contribution < 1.29 is 55.1 Å². The number of phenolic OH excluding ortho intramolecular Hbond substituents is 6. The molecule has 0 spiro atoms. The van der Waals surface area contributed by atoms with Gasteiger partial charge < -0.3 is 55.1 Å². The molecule has 3 aromatic carbocycles. The van der Waals surface area contributed by atoms with Gasteiger partial charge in [0.05, 0.1) is 11.3 Å². The summed E-state index contributed by atoms with van der Waals surface area (Å²) in [6.45, 7) is -0.375. The third-order valence-electron chi connectivity index (χ3n) is 10.4. The molecule has 3 aliphatic carbocycles. The summed E-state index contributed by atoms with van der Waals surface area (Å²) < 4.78 is 18.6.